The van der Waals surface area contributed by atoms with E-state index >= 15 is 0 Å². The van der Waals surface area contributed by atoms with E-state index < -0.39 is 15.7 Å². The van der Waals surface area contributed by atoms with Crippen LogP contribution < -0.4 is 15.7 Å². The summed E-state index contributed by atoms with van der Waals surface area (Å²) in [6.45, 7) is 4.76. The lowest BCUT2D eigenvalue weighted by Crippen LogP contribution is -2.25. The van der Waals surface area contributed by atoms with Gasteiger partial charge < -0.3 is 15.3 Å². The molecule has 0 unspecified atom stereocenters. The third kappa shape index (κ3) is 4.61. The van der Waals surface area contributed by atoms with Gasteiger partial charge in [0.2, 0.25) is 0 Å². The van der Waals surface area contributed by atoms with Gasteiger partial charge in [0, 0.05) is 17.8 Å². The maximum atomic E-state index is 12.6. The van der Waals surface area contributed by atoms with Gasteiger partial charge in [-0.05, 0) is 54.8 Å². The molecule has 0 saturated heterocycles. The van der Waals surface area contributed by atoms with Crippen LogP contribution in [0, 0.1) is 5.92 Å². The molecule has 0 radical (unpaired) electrons. The molecule has 0 saturated carbocycles. The van der Waals surface area contributed by atoms with Crippen molar-refractivity contribution in [2.45, 2.75) is 25.2 Å². The molecule has 8 nitrogen and oxygen atoms in total. The lowest BCUT2D eigenvalue weighted by atomic mass is 10.1. The molecule has 0 aliphatic heterocycles. The van der Waals surface area contributed by atoms with Gasteiger partial charge in [-0.2, -0.15) is 0 Å². The highest BCUT2D eigenvalue weighted by molar-refractivity contribution is 7.92. The van der Waals surface area contributed by atoms with E-state index in [1.165, 1.54) is 30.3 Å². The zero-order valence-electron chi connectivity index (χ0n) is 15.6. The minimum Gasteiger partial charge on any atom is -0.352 e. The molecule has 0 spiro atoms. The number of benzene rings is 2. The maximum Gasteiger partial charge on any atom is 0.323 e. The van der Waals surface area contributed by atoms with Crippen LogP contribution in [0.15, 0.2) is 52.2 Å². The number of amides is 1. The van der Waals surface area contributed by atoms with Gasteiger partial charge in [-0.1, -0.05) is 13.8 Å². The molecule has 0 fully saturated rings. The zero-order valence-corrected chi connectivity index (χ0v) is 16.4. The van der Waals surface area contributed by atoms with Crippen molar-refractivity contribution >= 4 is 32.7 Å². The molecule has 1 heterocycles. The molecule has 4 N–H and O–H groups in total. The average Bonchev–Trinajstić information content (AvgIpc) is 3.00. The summed E-state index contributed by atoms with van der Waals surface area (Å²) < 4.78 is 27.6. The second kappa shape index (κ2) is 7.89. The average molecular weight is 402 g/mol. The SMILES string of the molecule is CC(C)CCNC(=O)c1ccc(NS(=O)(=O)c2ccc3[nH]c(=O)[nH]c3c2)cc1. The molecule has 0 bridgehead atoms. The van der Waals surface area contributed by atoms with Crippen molar-refractivity contribution in [2.24, 2.45) is 5.92 Å². The van der Waals surface area contributed by atoms with Crippen molar-refractivity contribution in [2.75, 3.05) is 11.3 Å². The van der Waals surface area contributed by atoms with Crippen molar-refractivity contribution in [3.63, 3.8) is 0 Å². The number of fused-ring (bicyclic) bond motifs is 1. The second-order valence-electron chi connectivity index (χ2n) is 6.91. The highest BCUT2D eigenvalue weighted by Crippen LogP contribution is 2.19. The molecule has 2 aromatic carbocycles. The van der Waals surface area contributed by atoms with Crippen LogP contribution in [0.25, 0.3) is 11.0 Å². The molecule has 0 atom stereocenters. The fraction of sp³-hybridized carbons (Fsp3) is 0.263. The summed E-state index contributed by atoms with van der Waals surface area (Å²) >= 11 is 0. The topological polar surface area (TPSA) is 124 Å². The first-order valence-electron chi connectivity index (χ1n) is 8.88. The largest absolute Gasteiger partial charge is 0.352 e. The number of carbonyl (C=O) groups is 1. The van der Waals surface area contributed by atoms with E-state index in [2.05, 4.69) is 33.9 Å². The number of carbonyl (C=O) groups excluding carboxylic acids is 1. The Morgan fingerprint density at radius 3 is 2.39 bits per heavy atom. The molecule has 1 aromatic heterocycles. The number of anilines is 1. The molecule has 148 valence electrons. The van der Waals surface area contributed by atoms with Crippen LogP contribution in [0.5, 0.6) is 0 Å². The van der Waals surface area contributed by atoms with Crippen LogP contribution in [-0.2, 0) is 10.0 Å². The normalized spacial score (nSPS) is 11.7. The summed E-state index contributed by atoms with van der Waals surface area (Å²) in [4.78, 5) is 28.5. The second-order valence-corrected chi connectivity index (χ2v) is 8.59. The van der Waals surface area contributed by atoms with E-state index in [0.29, 0.717) is 34.7 Å². The number of nitrogens with one attached hydrogen (secondary N) is 4. The minimum absolute atomic E-state index is 0.0192. The van der Waals surface area contributed by atoms with Crippen molar-refractivity contribution in [1.82, 2.24) is 15.3 Å². The van der Waals surface area contributed by atoms with Crippen molar-refractivity contribution in [3.05, 3.63) is 58.5 Å². The van der Waals surface area contributed by atoms with Gasteiger partial charge in [0.25, 0.3) is 15.9 Å². The van der Waals surface area contributed by atoms with E-state index in [-0.39, 0.29) is 10.8 Å². The Morgan fingerprint density at radius 2 is 1.71 bits per heavy atom. The van der Waals surface area contributed by atoms with E-state index in [4.69, 9.17) is 0 Å². The summed E-state index contributed by atoms with van der Waals surface area (Å²) in [5, 5.41) is 2.83. The Balaban J connectivity index is 1.71. The molecule has 0 aliphatic rings. The molecular weight excluding hydrogens is 380 g/mol. The Morgan fingerprint density at radius 1 is 1.04 bits per heavy atom. The van der Waals surface area contributed by atoms with E-state index in [9.17, 15) is 18.0 Å². The molecule has 1 amide bonds. The van der Waals surface area contributed by atoms with Gasteiger partial charge in [-0.15, -0.1) is 0 Å². The van der Waals surface area contributed by atoms with Crippen LogP contribution in [0.1, 0.15) is 30.6 Å². The van der Waals surface area contributed by atoms with Crippen molar-refractivity contribution in [3.8, 4) is 0 Å². The molecule has 3 rings (SSSR count). The lowest BCUT2D eigenvalue weighted by molar-refractivity contribution is 0.0952. The Kier molecular flexibility index (Phi) is 5.55. The van der Waals surface area contributed by atoms with Gasteiger partial charge in [0.1, 0.15) is 0 Å². The molecule has 0 aliphatic carbocycles. The van der Waals surface area contributed by atoms with Gasteiger partial charge in [0.05, 0.1) is 15.9 Å². The van der Waals surface area contributed by atoms with Gasteiger partial charge in [-0.25, -0.2) is 13.2 Å². The van der Waals surface area contributed by atoms with E-state index in [1.54, 1.807) is 12.1 Å². The standard InChI is InChI=1S/C19H22N4O4S/c1-12(2)9-10-20-18(24)13-3-5-14(6-4-13)23-28(26,27)15-7-8-16-17(11-15)22-19(25)21-16/h3-8,11-12,23H,9-10H2,1-2H3,(H,20,24)(H2,21,22,25). The zero-order chi connectivity index (χ0) is 20.3. The van der Waals surface area contributed by atoms with Crippen LogP contribution >= 0.6 is 0 Å². The quantitative estimate of drug-likeness (QED) is 0.484. The highest BCUT2D eigenvalue weighted by Gasteiger charge is 2.16. The number of hydrogen-bond donors (Lipinski definition) is 4. The van der Waals surface area contributed by atoms with E-state index in [1.807, 2.05) is 0 Å². The highest BCUT2D eigenvalue weighted by atomic mass is 32.2. The Labute approximate surface area is 162 Å². The first kappa shape index (κ1) is 19.7. The van der Waals surface area contributed by atoms with Crippen molar-refractivity contribution in [1.29, 1.82) is 0 Å². The van der Waals surface area contributed by atoms with Crippen LogP contribution in [0.2, 0.25) is 0 Å². The summed E-state index contributed by atoms with van der Waals surface area (Å²) in [7, 11) is -3.84. The number of rotatable bonds is 7. The van der Waals surface area contributed by atoms with Crippen molar-refractivity contribution < 1.29 is 13.2 Å². The van der Waals surface area contributed by atoms with E-state index in [0.717, 1.165) is 6.42 Å². The van der Waals surface area contributed by atoms with Gasteiger partial charge in [-0.3, -0.25) is 9.52 Å². The smallest absolute Gasteiger partial charge is 0.323 e. The van der Waals surface area contributed by atoms with Crippen LogP contribution in [0.4, 0.5) is 5.69 Å². The third-order valence-corrected chi connectivity index (χ3v) is 5.58. The first-order chi connectivity index (χ1) is 13.2. The molecule has 28 heavy (non-hydrogen) atoms. The van der Waals surface area contributed by atoms with Gasteiger partial charge in [0.15, 0.2) is 0 Å². The molecule has 3 aromatic rings. The Bertz CT molecular complexity index is 1140. The summed E-state index contributed by atoms with van der Waals surface area (Å²) in [6, 6.07) is 10.5. The number of H-pyrrole nitrogens is 2. The van der Waals surface area contributed by atoms with Crippen LogP contribution in [-0.4, -0.2) is 30.8 Å². The third-order valence-electron chi connectivity index (χ3n) is 4.20. The maximum absolute atomic E-state index is 12.6. The fourth-order valence-corrected chi connectivity index (χ4v) is 3.74. The monoisotopic (exact) mass is 402 g/mol. The van der Waals surface area contributed by atoms with Gasteiger partial charge >= 0.3 is 5.69 Å². The number of aromatic nitrogens is 2. The number of aromatic amines is 2. The first-order valence-corrected chi connectivity index (χ1v) is 10.4. The minimum atomic E-state index is -3.84. The summed E-state index contributed by atoms with van der Waals surface area (Å²) in [6.07, 6.45) is 0.889. The predicted octanol–water partition coefficient (Wildman–Crippen LogP) is 2.43. The number of hydrogen-bond acceptors (Lipinski definition) is 4. The number of sulfonamides is 1. The van der Waals surface area contributed by atoms with Crippen LogP contribution in [0.3, 0.4) is 0 Å². The summed E-state index contributed by atoms with van der Waals surface area (Å²) in [5.74, 6) is 0.303. The lowest BCUT2D eigenvalue weighted by Gasteiger charge is -2.10. The summed E-state index contributed by atoms with van der Waals surface area (Å²) in [5.41, 5.74) is 1.32. The molecule has 9 heteroatoms. The Hall–Kier alpha value is -3.07. The molecular formula is C19H22N4O4S. The predicted molar refractivity (Wildman–Crippen MR) is 108 cm³/mol. The fourth-order valence-electron chi connectivity index (χ4n) is 2.66. The number of imidazole rings is 1.